The molecule has 1 aliphatic rings. The third kappa shape index (κ3) is 3.59. The highest BCUT2D eigenvalue weighted by molar-refractivity contribution is 7.89. The van der Waals surface area contributed by atoms with Crippen molar-refractivity contribution >= 4 is 15.9 Å². The van der Waals surface area contributed by atoms with Crippen LogP contribution in [-0.4, -0.2) is 24.5 Å². The van der Waals surface area contributed by atoms with Gasteiger partial charge in [-0.05, 0) is 43.5 Å². The van der Waals surface area contributed by atoms with Crippen LogP contribution in [0.1, 0.15) is 53.5 Å². The monoisotopic (exact) mass is 334 g/mol. The molecule has 0 aliphatic heterocycles. The summed E-state index contributed by atoms with van der Waals surface area (Å²) in [7, 11) is -3.71. The molecule has 0 bridgehead atoms. The van der Waals surface area contributed by atoms with Gasteiger partial charge in [0.25, 0.3) is 5.91 Å². The molecule has 1 aromatic carbocycles. The van der Waals surface area contributed by atoms with Crippen LogP contribution < -0.4 is 10.5 Å². The summed E-state index contributed by atoms with van der Waals surface area (Å²) >= 11 is 0. The minimum Gasteiger partial charge on any atom is -0.344 e. The van der Waals surface area contributed by atoms with E-state index in [4.69, 9.17) is 5.14 Å². The first-order valence-corrected chi connectivity index (χ1v) is 8.88. The Labute approximate surface area is 134 Å². The van der Waals surface area contributed by atoms with Crippen molar-refractivity contribution < 1.29 is 13.2 Å². The van der Waals surface area contributed by atoms with Gasteiger partial charge >= 0.3 is 0 Å². The Bertz CT molecular complexity index is 823. The van der Waals surface area contributed by atoms with E-state index in [0.29, 0.717) is 11.6 Å². The summed E-state index contributed by atoms with van der Waals surface area (Å²) in [5.41, 5.74) is 2.14. The average Bonchev–Trinajstić information content (AvgIpc) is 3.23. The topological polar surface area (TPSA) is 118 Å². The van der Waals surface area contributed by atoms with Crippen molar-refractivity contribution in [2.45, 2.75) is 36.6 Å². The molecule has 8 heteroatoms. The molecular formula is C15H18N4O3S. The first kappa shape index (κ1) is 15.7. The van der Waals surface area contributed by atoms with Gasteiger partial charge in [-0.3, -0.25) is 9.89 Å². The molecule has 1 heterocycles. The van der Waals surface area contributed by atoms with Crippen molar-refractivity contribution in [3.63, 3.8) is 0 Å². The van der Waals surface area contributed by atoms with E-state index < -0.39 is 10.0 Å². The number of nitrogens with two attached hydrogens (primary N) is 1. The van der Waals surface area contributed by atoms with Gasteiger partial charge in [0, 0.05) is 11.6 Å². The highest BCUT2D eigenvalue weighted by atomic mass is 32.2. The van der Waals surface area contributed by atoms with Gasteiger partial charge in [-0.15, -0.1) is 0 Å². The second-order valence-electron chi connectivity index (χ2n) is 5.79. The van der Waals surface area contributed by atoms with E-state index in [9.17, 15) is 13.2 Å². The number of carbonyl (C=O) groups excluding carboxylic acids is 1. The number of nitrogens with zero attached hydrogens (tertiary/aromatic N) is 1. The summed E-state index contributed by atoms with van der Waals surface area (Å²) in [5, 5.41) is 14.8. The zero-order valence-electron chi connectivity index (χ0n) is 12.6. The fourth-order valence-electron chi connectivity index (χ4n) is 2.36. The molecule has 1 atom stereocenters. The molecule has 23 heavy (non-hydrogen) atoms. The van der Waals surface area contributed by atoms with Crippen LogP contribution in [0.4, 0.5) is 0 Å². The fraction of sp³-hybridized carbons (Fsp3) is 0.333. The molecule has 0 unspecified atom stereocenters. The highest BCUT2D eigenvalue weighted by Gasteiger charge is 2.26. The van der Waals surface area contributed by atoms with Crippen molar-refractivity contribution in [3.05, 3.63) is 47.3 Å². The Morgan fingerprint density at radius 3 is 2.57 bits per heavy atom. The van der Waals surface area contributed by atoms with Crippen LogP contribution in [0.5, 0.6) is 0 Å². The van der Waals surface area contributed by atoms with Crippen LogP contribution >= 0.6 is 0 Å². The van der Waals surface area contributed by atoms with Crippen LogP contribution in [-0.2, 0) is 10.0 Å². The van der Waals surface area contributed by atoms with E-state index in [0.717, 1.165) is 24.1 Å². The van der Waals surface area contributed by atoms with Crippen LogP contribution in [0.2, 0.25) is 0 Å². The molecule has 1 amide bonds. The summed E-state index contributed by atoms with van der Waals surface area (Å²) in [4.78, 5) is 12.2. The number of amides is 1. The normalized spacial score (nSPS) is 16.1. The zero-order valence-corrected chi connectivity index (χ0v) is 13.4. The van der Waals surface area contributed by atoms with Crippen molar-refractivity contribution in [2.75, 3.05) is 0 Å². The van der Waals surface area contributed by atoms with Crippen molar-refractivity contribution in [2.24, 2.45) is 5.14 Å². The number of primary sulfonamides is 1. The fourth-order valence-corrected chi connectivity index (χ4v) is 2.87. The maximum absolute atomic E-state index is 12.2. The van der Waals surface area contributed by atoms with E-state index in [1.54, 1.807) is 18.2 Å². The molecule has 1 saturated carbocycles. The van der Waals surface area contributed by atoms with E-state index in [2.05, 4.69) is 15.5 Å². The molecular weight excluding hydrogens is 316 g/mol. The Morgan fingerprint density at radius 2 is 2.00 bits per heavy atom. The van der Waals surface area contributed by atoms with Crippen LogP contribution in [0, 0.1) is 0 Å². The smallest absolute Gasteiger partial charge is 0.272 e. The Kier molecular flexibility index (Phi) is 3.95. The third-order valence-electron chi connectivity index (χ3n) is 3.90. The summed E-state index contributed by atoms with van der Waals surface area (Å²) in [5.74, 6) is 0.239. The predicted octanol–water partition coefficient (Wildman–Crippen LogP) is 1.43. The van der Waals surface area contributed by atoms with E-state index in [-0.39, 0.29) is 16.8 Å². The van der Waals surface area contributed by atoms with E-state index >= 15 is 0 Å². The van der Waals surface area contributed by atoms with Gasteiger partial charge in [0.2, 0.25) is 10.0 Å². The van der Waals surface area contributed by atoms with Gasteiger partial charge in [-0.25, -0.2) is 13.6 Å². The van der Waals surface area contributed by atoms with Crippen molar-refractivity contribution in [1.29, 1.82) is 0 Å². The summed E-state index contributed by atoms with van der Waals surface area (Å²) < 4.78 is 22.5. The molecule has 7 nitrogen and oxygen atoms in total. The first-order valence-electron chi connectivity index (χ1n) is 7.33. The number of sulfonamides is 1. The van der Waals surface area contributed by atoms with Crippen LogP contribution in [0.3, 0.4) is 0 Å². The van der Waals surface area contributed by atoms with Gasteiger partial charge in [0.05, 0.1) is 10.9 Å². The van der Waals surface area contributed by atoms with E-state index in [1.165, 1.54) is 12.1 Å². The number of carbonyl (C=O) groups is 1. The molecule has 2 aromatic rings. The zero-order chi connectivity index (χ0) is 16.6. The van der Waals surface area contributed by atoms with Crippen molar-refractivity contribution in [1.82, 2.24) is 15.5 Å². The van der Waals surface area contributed by atoms with Gasteiger partial charge in [-0.1, -0.05) is 12.1 Å². The minimum absolute atomic E-state index is 0.0427. The SMILES string of the molecule is C[C@@H](NC(=O)c1cc(C2CC2)[nH]n1)c1ccc(S(N)(=O)=O)cc1. The lowest BCUT2D eigenvalue weighted by atomic mass is 10.1. The van der Waals surface area contributed by atoms with Crippen LogP contribution in [0.15, 0.2) is 35.2 Å². The molecule has 3 rings (SSSR count). The Balaban J connectivity index is 1.67. The molecule has 122 valence electrons. The maximum Gasteiger partial charge on any atom is 0.272 e. The van der Waals surface area contributed by atoms with E-state index in [1.807, 2.05) is 6.92 Å². The second kappa shape index (κ2) is 5.78. The Hall–Kier alpha value is -2.19. The van der Waals surface area contributed by atoms with Gasteiger partial charge in [-0.2, -0.15) is 5.10 Å². The molecule has 1 aromatic heterocycles. The lowest BCUT2D eigenvalue weighted by molar-refractivity contribution is 0.0935. The summed E-state index contributed by atoms with van der Waals surface area (Å²) in [6.45, 7) is 1.82. The highest BCUT2D eigenvalue weighted by Crippen LogP contribution is 2.39. The molecule has 1 aliphatic carbocycles. The number of nitrogens with one attached hydrogen (secondary N) is 2. The quantitative estimate of drug-likeness (QED) is 0.766. The number of H-pyrrole nitrogens is 1. The molecule has 0 radical (unpaired) electrons. The molecule has 0 spiro atoms. The van der Waals surface area contributed by atoms with Crippen LogP contribution in [0.25, 0.3) is 0 Å². The van der Waals surface area contributed by atoms with Crippen molar-refractivity contribution in [3.8, 4) is 0 Å². The maximum atomic E-state index is 12.2. The number of benzene rings is 1. The molecule has 0 saturated heterocycles. The molecule has 1 fully saturated rings. The first-order chi connectivity index (χ1) is 10.8. The number of aromatic amines is 1. The largest absolute Gasteiger partial charge is 0.344 e. The number of hydrogen-bond donors (Lipinski definition) is 3. The summed E-state index contributed by atoms with van der Waals surface area (Å²) in [6, 6.07) is 7.61. The summed E-state index contributed by atoms with van der Waals surface area (Å²) in [6.07, 6.45) is 2.27. The van der Waals surface area contributed by atoms with Gasteiger partial charge in [0.1, 0.15) is 5.69 Å². The predicted molar refractivity (Wildman–Crippen MR) is 84.3 cm³/mol. The number of hydrogen-bond acceptors (Lipinski definition) is 4. The second-order valence-corrected chi connectivity index (χ2v) is 7.35. The number of rotatable bonds is 5. The lowest BCUT2D eigenvalue weighted by Crippen LogP contribution is -2.27. The lowest BCUT2D eigenvalue weighted by Gasteiger charge is -2.13. The molecule has 4 N–H and O–H groups in total. The minimum atomic E-state index is -3.71. The van der Waals surface area contributed by atoms with Gasteiger partial charge < -0.3 is 5.32 Å². The standard InChI is InChI=1S/C15H18N4O3S/c1-9(10-4-6-12(7-5-10)23(16,21)22)17-15(20)14-8-13(18-19-14)11-2-3-11/h4-9,11H,2-3H2,1H3,(H,17,20)(H,18,19)(H2,16,21,22)/t9-/m1/s1. The Morgan fingerprint density at radius 1 is 1.35 bits per heavy atom. The average molecular weight is 334 g/mol. The number of aromatic nitrogens is 2. The third-order valence-corrected chi connectivity index (χ3v) is 4.83. The van der Waals surface area contributed by atoms with Gasteiger partial charge in [0.15, 0.2) is 0 Å².